The number of rotatable bonds is 3. The average Bonchev–Trinajstić information content (AvgIpc) is 2.49. The van der Waals surface area contributed by atoms with Crippen molar-refractivity contribution in [3.63, 3.8) is 0 Å². The molecule has 3 nitrogen and oxygen atoms in total. The van der Waals surface area contributed by atoms with E-state index in [0.717, 1.165) is 24.5 Å². The number of nitrogens with one attached hydrogen (secondary N) is 1. The lowest BCUT2D eigenvalue weighted by molar-refractivity contribution is 0.141. The Morgan fingerprint density at radius 1 is 1.24 bits per heavy atom. The molecule has 3 heteroatoms. The van der Waals surface area contributed by atoms with Crippen molar-refractivity contribution in [1.29, 1.82) is 0 Å². The van der Waals surface area contributed by atoms with Crippen LogP contribution in [0, 0.1) is 5.41 Å². The summed E-state index contributed by atoms with van der Waals surface area (Å²) in [6.45, 7) is 5.59. The maximum absolute atomic E-state index is 5.80. The minimum Gasteiger partial charge on any atom is -0.497 e. The highest BCUT2D eigenvalue weighted by Gasteiger charge is 2.35. The summed E-state index contributed by atoms with van der Waals surface area (Å²) in [5.74, 6) is 1.92. The SMILES string of the molecule is COc1ccc2c(c1)C(NC1CCCCC1(C)C)CCO2. The van der Waals surface area contributed by atoms with Crippen molar-refractivity contribution in [2.45, 2.75) is 58.0 Å². The zero-order valence-corrected chi connectivity index (χ0v) is 13.4. The second kappa shape index (κ2) is 5.88. The van der Waals surface area contributed by atoms with Crippen LogP contribution in [0.5, 0.6) is 11.5 Å². The van der Waals surface area contributed by atoms with E-state index in [4.69, 9.17) is 9.47 Å². The van der Waals surface area contributed by atoms with E-state index in [2.05, 4.69) is 25.2 Å². The molecule has 1 aromatic rings. The van der Waals surface area contributed by atoms with Crippen LogP contribution in [-0.2, 0) is 0 Å². The second-order valence-corrected chi connectivity index (χ2v) is 7.05. The molecule has 116 valence electrons. The summed E-state index contributed by atoms with van der Waals surface area (Å²) in [6.07, 6.45) is 6.34. The van der Waals surface area contributed by atoms with E-state index in [1.807, 2.05) is 12.1 Å². The topological polar surface area (TPSA) is 30.5 Å². The molecule has 2 atom stereocenters. The molecular weight excluding hydrogens is 262 g/mol. The van der Waals surface area contributed by atoms with Gasteiger partial charge in [-0.1, -0.05) is 26.7 Å². The van der Waals surface area contributed by atoms with Crippen molar-refractivity contribution in [3.05, 3.63) is 23.8 Å². The van der Waals surface area contributed by atoms with E-state index in [-0.39, 0.29) is 0 Å². The molecule has 1 saturated carbocycles. The summed E-state index contributed by atoms with van der Waals surface area (Å²) >= 11 is 0. The van der Waals surface area contributed by atoms with Gasteiger partial charge in [0, 0.05) is 24.1 Å². The van der Waals surface area contributed by atoms with Crippen LogP contribution < -0.4 is 14.8 Å². The fraction of sp³-hybridized carbons (Fsp3) is 0.667. The highest BCUT2D eigenvalue weighted by molar-refractivity contribution is 5.43. The summed E-state index contributed by atoms with van der Waals surface area (Å²) in [7, 11) is 1.72. The number of hydrogen-bond donors (Lipinski definition) is 1. The monoisotopic (exact) mass is 289 g/mol. The zero-order chi connectivity index (χ0) is 14.9. The van der Waals surface area contributed by atoms with E-state index in [1.165, 1.54) is 31.2 Å². The Hall–Kier alpha value is -1.22. The van der Waals surface area contributed by atoms with Crippen molar-refractivity contribution >= 4 is 0 Å². The van der Waals surface area contributed by atoms with Gasteiger partial charge in [-0.15, -0.1) is 0 Å². The van der Waals surface area contributed by atoms with Crippen LogP contribution in [0.25, 0.3) is 0 Å². The summed E-state index contributed by atoms with van der Waals surface area (Å²) < 4.78 is 11.2. The first-order valence-corrected chi connectivity index (χ1v) is 8.17. The van der Waals surface area contributed by atoms with Gasteiger partial charge in [0.05, 0.1) is 13.7 Å². The maximum atomic E-state index is 5.80. The lowest BCUT2D eigenvalue weighted by Gasteiger charge is -2.42. The predicted molar refractivity (Wildman–Crippen MR) is 85.0 cm³/mol. The molecule has 0 aromatic heterocycles. The lowest BCUT2D eigenvalue weighted by Crippen LogP contribution is -2.46. The van der Waals surface area contributed by atoms with Crippen LogP contribution in [0.4, 0.5) is 0 Å². The van der Waals surface area contributed by atoms with Crippen molar-refractivity contribution < 1.29 is 9.47 Å². The van der Waals surface area contributed by atoms with Gasteiger partial charge < -0.3 is 14.8 Å². The highest BCUT2D eigenvalue weighted by Crippen LogP contribution is 2.40. The van der Waals surface area contributed by atoms with Gasteiger partial charge in [-0.3, -0.25) is 0 Å². The fourth-order valence-electron chi connectivity index (χ4n) is 3.72. The maximum Gasteiger partial charge on any atom is 0.124 e. The molecule has 0 spiro atoms. The summed E-state index contributed by atoms with van der Waals surface area (Å²) in [5, 5.41) is 3.92. The molecule has 1 aliphatic heterocycles. The normalized spacial score (nSPS) is 27.6. The summed E-state index contributed by atoms with van der Waals surface area (Å²) in [5.41, 5.74) is 1.64. The number of methoxy groups -OCH3 is 1. The van der Waals surface area contributed by atoms with Crippen LogP contribution in [0.1, 0.15) is 57.6 Å². The van der Waals surface area contributed by atoms with Gasteiger partial charge in [-0.25, -0.2) is 0 Å². The van der Waals surface area contributed by atoms with E-state index in [1.54, 1.807) is 7.11 Å². The number of benzene rings is 1. The molecule has 1 fully saturated rings. The minimum atomic E-state index is 0.381. The van der Waals surface area contributed by atoms with Crippen LogP contribution in [0.15, 0.2) is 18.2 Å². The van der Waals surface area contributed by atoms with Crippen LogP contribution >= 0.6 is 0 Å². The molecule has 0 amide bonds. The Morgan fingerprint density at radius 2 is 2.10 bits per heavy atom. The Balaban J connectivity index is 1.81. The summed E-state index contributed by atoms with van der Waals surface area (Å²) in [4.78, 5) is 0. The van der Waals surface area contributed by atoms with Gasteiger partial charge >= 0.3 is 0 Å². The highest BCUT2D eigenvalue weighted by atomic mass is 16.5. The van der Waals surface area contributed by atoms with Crippen molar-refractivity contribution in [3.8, 4) is 11.5 Å². The number of ether oxygens (including phenoxy) is 2. The Bertz CT molecular complexity index is 498. The standard InChI is InChI=1S/C18H27NO2/c1-18(2)10-5-4-6-17(18)19-15-9-11-21-16-8-7-13(20-3)12-14(15)16/h7-8,12,15,17,19H,4-6,9-11H2,1-3H3. The zero-order valence-electron chi connectivity index (χ0n) is 13.4. The molecule has 2 aliphatic rings. The molecule has 1 aliphatic carbocycles. The van der Waals surface area contributed by atoms with E-state index < -0.39 is 0 Å². The van der Waals surface area contributed by atoms with Crippen LogP contribution in [0.3, 0.4) is 0 Å². The van der Waals surface area contributed by atoms with Gasteiger partial charge in [0.25, 0.3) is 0 Å². The van der Waals surface area contributed by atoms with Crippen LogP contribution in [-0.4, -0.2) is 19.8 Å². The first kappa shape index (κ1) is 14.7. The second-order valence-electron chi connectivity index (χ2n) is 7.05. The van der Waals surface area contributed by atoms with E-state index >= 15 is 0 Å². The lowest BCUT2D eigenvalue weighted by atomic mass is 9.73. The van der Waals surface area contributed by atoms with Crippen molar-refractivity contribution in [2.75, 3.05) is 13.7 Å². The van der Waals surface area contributed by atoms with Crippen molar-refractivity contribution in [1.82, 2.24) is 5.32 Å². The largest absolute Gasteiger partial charge is 0.497 e. The molecule has 21 heavy (non-hydrogen) atoms. The van der Waals surface area contributed by atoms with Crippen LogP contribution in [0.2, 0.25) is 0 Å². The van der Waals surface area contributed by atoms with Gasteiger partial charge in [-0.2, -0.15) is 0 Å². The smallest absolute Gasteiger partial charge is 0.124 e. The van der Waals surface area contributed by atoms with E-state index in [9.17, 15) is 0 Å². The Labute approximate surface area is 128 Å². The third-order valence-electron chi connectivity index (χ3n) is 5.17. The van der Waals surface area contributed by atoms with Gasteiger partial charge in [0.2, 0.25) is 0 Å². The fourth-order valence-corrected chi connectivity index (χ4v) is 3.72. The molecule has 0 radical (unpaired) electrons. The molecule has 0 saturated heterocycles. The van der Waals surface area contributed by atoms with E-state index in [0.29, 0.717) is 17.5 Å². The molecule has 1 aromatic carbocycles. The number of fused-ring (bicyclic) bond motifs is 1. The minimum absolute atomic E-state index is 0.381. The first-order valence-electron chi connectivity index (χ1n) is 8.17. The average molecular weight is 289 g/mol. The third-order valence-corrected chi connectivity index (χ3v) is 5.17. The summed E-state index contributed by atoms with van der Waals surface area (Å²) in [6, 6.07) is 7.11. The first-order chi connectivity index (χ1) is 10.1. The quantitative estimate of drug-likeness (QED) is 0.909. The Morgan fingerprint density at radius 3 is 2.86 bits per heavy atom. The molecule has 0 bridgehead atoms. The number of hydrogen-bond acceptors (Lipinski definition) is 3. The molecule has 1 heterocycles. The molecular formula is C18H27NO2. The third kappa shape index (κ3) is 3.03. The van der Waals surface area contributed by atoms with Crippen molar-refractivity contribution in [2.24, 2.45) is 5.41 Å². The predicted octanol–water partition coefficient (Wildman–Crippen LogP) is 4.08. The van der Waals surface area contributed by atoms with Gasteiger partial charge in [-0.05, 0) is 36.5 Å². The van der Waals surface area contributed by atoms with Gasteiger partial charge in [0.1, 0.15) is 11.5 Å². The molecule has 1 N–H and O–H groups in total. The molecule has 2 unspecified atom stereocenters. The molecule has 3 rings (SSSR count). The Kier molecular flexibility index (Phi) is 4.12. The van der Waals surface area contributed by atoms with Gasteiger partial charge in [0.15, 0.2) is 0 Å².